The molecule has 0 bridgehead atoms. The molecule has 0 radical (unpaired) electrons. The largest absolute Gasteiger partial charge is 0.490 e. The molecule has 0 amide bonds. The fourth-order valence-electron chi connectivity index (χ4n) is 1.73. The lowest BCUT2D eigenvalue weighted by Gasteiger charge is -2.27. The van der Waals surface area contributed by atoms with Gasteiger partial charge in [-0.05, 0) is 32.3 Å². The van der Waals surface area contributed by atoms with Crippen molar-refractivity contribution in [3.05, 3.63) is 11.8 Å². The summed E-state index contributed by atoms with van der Waals surface area (Å²) in [5.41, 5.74) is 4.30. The van der Waals surface area contributed by atoms with E-state index in [1.807, 2.05) is 13.8 Å². The molecule has 0 unspecified atom stereocenters. The van der Waals surface area contributed by atoms with Crippen molar-refractivity contribution in [1.82, 2.24) is 0 Å². The summed E-state index contributed by atoms with van der Waals surface area (Å²) in [6.07, 6.45) is -1.10. The van der Waals surface area contributed by atoms with Crippen LogP contribution >= 0.6 is 0 Å². The Morgan fingerprint density at radius 3 is 2.33 bits per heavy atom. The third kappa shape index (κ3) is 6.05. The van der Waals surface area contributed by atoms with Gasteiger partial charge in [0.2, 0.25) is 0 Å². The maximum absolute atomic E-state index is 12.4. The van der Waals surface area contributed by atoms with E-state index in [-0.39, 0.29) is 12.4 Å². The predicted octanol–water partition coefficient (Wildman–Crippen LogP) is 3.26. The van der Waals surface area contributed by atoms with Crippen molar-refractivity contribution in [3.63, 3.8) is 0 Å². The van der Waals surface area contributed by atoms with E-state index in [9.17, 15) is 13.3 Å². The molecule has 0 spiro atoms. The Morgan fingerprint density at radius 1 is 1.44 bits per heavy atom. The van der Waals surface area contributed by atoms with Crippen LogP contribution in [0.3, 0.4) is 0 Å². The summed E-state index contributed by atoms with van der Waals surface area (Å²) in [5, 5.41) is 2.05. The fourth-order valence-corrected chi connectivity index (χ4v) is 1.73. The zero-order valence-corrected chi connectivity index (χ0v) is 11.2. The summed E-state index contributed by atoms with van der Waals surface area (Å²) < 4.78 is 42.2. The lowest BCUT2D eigenvalue weighted by Crippen LogP contribution is -2.42. The Balaban J connectivity index is 4.59. The van der Waals surface area contributed by atoms with Crippen molar-refractivity contribution < 1.29 is 18.0 Å². The SMILES string of the molecule is C/C=C(/OC[C@@](C)(N)CC(C)C)C(=NF)C(F)F. The van der Waals surface area contributed by atoms with Gasteiger partial charge in [-0.2, -0.15) is 0 Å². The number of halogens is 3. The van der Waals surface area contributed by atoms with E-state index in [1.165, 1.54) is 13.0 Å². The first-order valence-electron chi connectivity index (χ1n) is 5.79. The molecule has 0 aromatic carbocycles. The number of ether oxygens (including phenoxy) is 1. The van der Waals surface area contributed by atoms with Gasteiger partial charge in [0, 0.05) is 5.54 Å². The monoisotopic (exact) mass is 266 g/mol. The van der Waals surface area contributed by atoms with Crippen LogP contribution in [-0.2, 0) is 4.74 Å². The molecule has 1 atom stereocenters. The van der Waals surface area contributed by atoms with E-state index in [0.29, 0.717) is 12.3 Å². The van der Waals surface area contributed by atoms with Crippen LogP contribution in [0.25, 0.3) is 0 Å². The van der Waals surface area contributed by atoms with Gasteiger partial charge in [-0.25, -0.2) is 8.78 Å². The molecule has 3 nitrogen and oxygen atoms in total. The van der Waals surface area contributed by atoms with E-state index >= 15 is 0 Å². The molecule has 0 aliphatic rings. The highest BCUT2D eigenvalue weighted by atomic mass is 19.3. The minimum absolute atomic E-state index is 0.0244. The molecule has 0 heterocycles. The van der Waals surface area contributed by atoms with E-state index in [2.05, 4.69) is 5.21 Å². The van der Waals surface area contributed by atoms with Crippen molar-refractivity contribution in [1.29, 1.82) is 0 Å². The molecule has 0 aromatic heterocycles. The summed E-state index contributed by atoms with van der Waals surface area (Å²) in [6.45, 7) is 7.25. The Labute approximate surface area is 106 Å². The third-order valence-corrected chi connectivity index (χ3v) is 2.24. The van der Waals surface area contributed by atoms with Gasteiger partial charge >= 0.3 is 0 Å². The number of nitrogens with zero attached hydrogens (tertiary/aromatic N) is 1. The minimum atomic E-state index is -3.02. The number of alkyl halides is 2. The molecule has 0 saturated carbocycles. The number of nitrogens with two attached hydrogens (primary N) is 1. The Hall–Kier alpha value is -1.04. The van der Waals surface area contributed by atoms with Crippen LogP contribution < -0.4 is 5.73 Å². The number of rotatable bonds is 7. The van der Waals surface area contributed by atoms with Crippen LogP contribution in [0, 0.1) is 5.92 Å². The molecule has 106 valence electrons. The molecule has 0 rings (SSSR count). The van der Waals surface area contributed by atoms with Crippen LogP contribution in [0.2, 0.25) is 0 Å². The topological polar surface area (TPSA) is 47.6 Å². The van der Waals surface area contributed by atoms with Crippen LogP contribution in [0.15, 0.2) is 17.0 Å². The van der Waals surface area contributed by atoms with Gasteiger partial charge in [-0.1, -0.05) is 23.5 Å². The zero-order chi connectivity index (χ0) is 14.3. The average molecular weight is 266 g/mol. The second kappa shape index (κ2) is 7.41. The molecule has 0 saturated heterocycles. The molecule has 2 N–H and O–H groups in total. The molecule has 0 aromatic rings. The van der Waals surface area contributed by atoms with Crippen molar-refractivity contribution in [3.8, 4) is 0 Å². The third-order valence-electron chi connectivity index (χ3n) is 2.24. The molecule has 0 aliphatic carbocycles. The second-order valence-corrected chi connectivity index (χ2v) is 4.96. The van der Waals surface area contributed by atoms with E-state index in [1.54, 1.807) is 6.92 Å². The van der Waals surface area contributed by atoms with Gasteiger partial charge < -0.3 is 10.5 Å². The number of hydrogen-bond acceptors (Lipinski definition) is 3. The first-order valence-corrected chi connectivity index (χ1v) is 5.79. The standard InChI is InChI=1S/C12H21F3N2O/c1-5-9(10(17-15)11(13)14)18-7-12(4,16)6-8(2)3/h5,8,11H,6-7,16H2,1-4H3/b9-5+,17-10?/t12-/m0/s1. The first-order chi connectivity index (χ1) is 8.23. The second-order valence-electron chi connectivity index (χ2n) is 4.96. The summed E-state index contributed by atoms with van der Waals surface area (Å²) in [4.78, 5) is 0. The van der Waals surface area contributed by atoms with Crippen LogP contribution in [0.1, 0.15) is 34.1 Å². The zero-order valence-electron chi connectivity index (χ0n) is 11.2. The molecule has 0 aliphatic heterocycles. The highest BCUT2D eigenvalue weighted by Gasteiger charge is 2.25. The molecule has 0 fully saturated rings. The summed E-state index contributed by atoms with van der Waals surface area (Å²) in [6, 6.07) is 0. The highest BCUT2D eigenvalue weighted by molar-refractivity contribution is 6.00. The van der Waals surface area contributed by atoms with E-state index in [4.69, 9.17) is 10.5 Å². The van der Waals surface area contributed by atoms with Gasteiger partial charge in [0.25, 0.3) is 6.43 Å². The van der Waals surface area contributed by atoms with E-state index < -0.39 is 17.7 Å². The van der Waals surface area contributed by atoms with Gasteiger partial charge in [-0.15, -0.1) is 0 Å². The Kier molecular flexibility index (Phi) is 6.98. The van der Waals surface area contributed by atoms with Crippen molar-refractivity contribution in [2.45, 2.75) is 46.1 Å². The summed E-state index contributed by atoms with van der Waals surface area (Å²) in [7, 11) is 0. The maximum atomic E-state index is 12.4. The Morgan fingerprint density at radius 2 is 2.00 bits per heavy atom. The Bertz CT molecular complexity index is 312. The highest BCUT2D eigenvalue weighted by Crippen LogP contribution is 2.17. The maximum Gasteiger partial charge on any atom is 0.286 e. The van der Waals surface area contributed by atoms with Crippen molar-refractivity contribution >= 4 is 5.71 Å². The summed E-state index contributed by atoms with van der Waals surface area (Å²) in [5.74, 6) is 0.0787. The molecular formula is C12H21F3N2O. The normalized spacial score (nSPS) is 17.2. The van der Waals surface area contributed by atoms with Crippen molar-refractivity contribution in [2.24, 2.45) is 16.9 Å². The molecule has 6 heteroatoms. The quantitative estimate of drug-likeness (QED) is 0.568. The van der Waals surface area contributed by atoms with E-state index in [0.717, 1.165) is 0 Å². The van der Waals surface area contributed by atoms with Crippen LogP contribution in [0.4, 0.5) is 13.3 Å². The average Bonchev–Trinajstić information content (AvgIpc) is 2.21. The number of hydrogen-bond donors (Lipinski definition) is 1. The van der Waals surface area contributed by atoms with Crippen molar-refractivity contribution in [2.75, 3.05) is 6.61 Å². The van der Waals surface area contributed by atoms with Crippen LogP contribution in [-0.4, -0.2) is 24.3 Å². The summed E-state index contributed by atoms with van der Waals surface area (Å²) >= 11 is 0. The van der Waals surface area contributed by atoms with Gasteiger partial charge in [0.15, 0.2) is 5.71 Å². The van der Waals surface area contributed by atoms with Gasteiger partial charge in [0.1, 0.15) is 12.4 Å². The lowest BCUT2D eigenvalue weighted by atomic mass is 9.93. The van der Waals surface area contributed by atoms with Crippen LogP contribution in [0.5, 0.6) is 0 Å². The lowest BCUT2D eigenvalue weighted by molar-refractivity contribution is 0.142. The fraction of sp³-hybridized carbons (Fsp3) is 0.750. The minimum Gasteiger partial charge on any atom is -0.490 e. The predicted molar refractivity (Wildman–Crippen MR) is 66.3 cm³/mol. The molecular weight excluding hydrogens is 245 g/mol. The smallest absolute Gasteiger partial charge is 0.286 e. The number of allylic oxidation sites excluding steroid dienone is 2. The van der Waals surface area contributed by atoms with Gasteiger partial charge in [-0.3, -0.25) is 0 Å². The first kappa shape index (κ1) is 17.0. The molecule has 18 heavy (non-hydrogen) atoms. The van der Waals surface area contributed by atoms with Gasteiger partial charge in [0.05, 0.1) is 0 Å².